The maximum Gasteiger partial charge on any atom is 0.338 e. The van der Waals surface area contributed by atoms with Gasteiger partial charge in [-0.15, -0.1) is 0 Å². The Hall–Kier alpha value is -1.75. The van der Waals surface area contributed by atoms with Crippen LogP contribution in [0, 0.1) is 0 Å². The van der Waals surface area contributed by atoms with Crippen molar-refractivity contribution >= 4 is 17.3 Å². The minimum atomic E-state index is -0.334. The van der Waals surface area contributed by atoms with Crippen molar-refractivity contribution in [1.29, 1.82) is 0 Å². The second kappa shape index (κ2) is 6.61. The van der Waals surface area contributed by atoms with Crippen molar-refractivity contribution in [2.24, 2.45) is 0 Å². The summed E-state index contributed by atoms with van der Waals surface area (Å²) in [5, 5.41) is 0. The molecule has 2 N–H and O–H groups in total. The number of rotatable bonds is 4. The first-order chi connectivity index (χ1) is 9.67. The maximum absolute atomic E-state index is 11.7. The van der Waals surface area contributed by atoms with E-state index in [4.69, 9.17) is 15.2 Å². The van der Waals surface area contributed by atoms with Crippen LogP contribution in [0.25, 0.3) is 0 Å². The number of ether oxygens (including phenoxy) is 2. The molecule has 20 heavy (non-hydrogen) atoms. The van der Waals surface area contributed by atoms with Crippen molar-refractivity contribution in [3.05, 3.63) is 23.8 Å². The molecule has 0 saturated carbocycles. The average molecular weight is 278 g/mol. The minimum Gasteiger partial charge on any atom is -0.462 e. The third-order valence-corrected chi connectivity index (χ3v) is 3.55. The Bertz CT molecular complexity index is 476. The van der Waals surface area contributed by atoms with E-state index in [2.05, 4.69) is 11.8 Å². The molecule has 2 rings (SSSR count). The van der Waals surface area contributed by atoms with Crippen LogP contribution < -0.4 is 10.6 Å². The second-order valence-corrected chi connectivity index (χ2v) is 4.82. The summed E-state index contributed by atoms with van der Waals surface area (Å²) in [5.41, 5.74) is 8.18. The standard InChI is InChI=1S/C15H22N2O3/c1-3-12-10-19-8-7-17(12)14-6-5-11(9-13(14)16)15(18)20-4-2/h5-6,9,12H,3-4,7-8,10,16H2,1-2H3. The monoisotopic (exact) mass is 278 g/mol. The lowest BCUT2D eigenvalue weighted by Crippen LogP contribution is -2.45. The van der Waals surface area contributed by atoms with E-state index in [0.717, 1.165) is 25.3 Å². The van der Waals surface area contributed by atoms with E-state index in [9.17, 15) is 4.79 Å². The van der Waals surface area contributed by atoms with Gasteiger partial charge in [0.25, 0.3) is 0 Å². The summed E-state index contributed by atoms with van der Waals surface area (Å²) in [5.74, 6) is -0.334. The van der Waals surface area contributed by atoms with E-state index in [1.54, 1.807) is 19.1 Å². The molecule has 1 aliphatic heterocycles. The molecule has 5 nitrogen and oxygen atoms in total. The molecule has 0 amide bonds. The number of hydrogen-bond acceptors (Lipinski definition) is 5. The smallest absolute Gasteiger partial charge is 0.338 e. The van der Waals surface area contributed by atoms with Crippen LogP contribution in [0.3, 0.4) is 0 Å². The zero-order valence-electron chi connectivity index (χ0n) is 12.1. The summed E-state index contributed by atoms with van der Waals surface area (Å²) in [6.07, 6.45) is 0.999. The molecular weight excluding hydrogens is 256 g/mol. The van der Waals surface area contributed by atoms with Crippen LogP contribution in [-0.2, 0) is 9.47 Å². The van der Waals surface area contributed by atoms with Crippen LogP contribution in [-0.4, -0.2) is 38.4 Å². The number of anilines is 2. The first-order valence-electron chi connectivity index (χ1n) is 7.08. The Morgan fingerprint density at radius 2 is 2.30 bits per heavy atom. The molecule has 1 aliphatic rings. The number of hydrogen-bond donors (Lipinski definition) is 1. The molecule has 0 spiro atoms. The molecule has 1 saturated heterocycles. The van der Waals surface area contributed by atoms with Crippen molar-refractivity contribution in [3.8, 4) is 0 Å². The first kappa shape index (κ1) is 14.7. The number of nitrogens with zero attached hydrogens (tertiary/aromatic N) is 1. The maximum atomic E-state index is 11.7. The highest BCUT2D eigenvalue weighted by atomic mass is 16.5. The number of morpholine rings is 1. The number of carbonyl (C=O) groups excluding carboxylic acids is 1. The lowest BCUT2D eigenvalue weighted by molar-refractivity contribution is 0.0526. The lowest BCUT2D eigenvalue weighted by atomic mass is 10.1. The van der Waals surface area contributed by atoms with Crippen molar-refractivity contribution in [3.63, 3.8) is 0 Å². The van der Waals surface area contributed by atoms with Crippen LogP contribution in [0.5, 0.6) is 0 Å². The Kier molecular flexibility index (Phi) is 4.84. The molecule has 0 aromatic heterocycles. The third kappa shape index (κ3) is 3.04. The molecule has 1 aromatic carbocycles. The zero-order chi connectivity index (χ0) is 14.5. The van der Waals surface area contributed by atoms with Gasteiger partial charge in [-0.05, 0) is 31.5 Å². The van der Waals surface area contributed by atoms with E-state index in [-0.39, 0.29) is 5.97 Å². The number of nitrogen functional groups attached to an aromatic ring is 1. The minimum absolute atomic E-state index is 0.333. The summed E-state index contributed by atoms with van der Waals surface area (Å²) in [7, 11) is 0. The van der Waals surface area contributed by atoms with Gasteiger partial charge in [0.1, 0.15) is 0 Å². The van der Waals surface area contributed by atoms with Gasteiger partial charge in [0, 0.05) is 6.54 Å². The molecule has 0 bridgehead atoms. The fraction of sp³-hybridized carbons (Fsp3) is 0.533. The van der Waals surface area contributed by atoms with E-state index >= 15 is 0 Å². The highest BCUT2D eigenvalue weighted by Crippen LogP contribution is 2.28. The normalized spacial score (nSPS) is 18.9. The van der Waals surface area contributed by atoms with Crippen molar-refractivity contribution in [2.75, 3.05) is 37.0 Å². The van der Waals surface area contributed by atoms with Crippen molar-refractivity contribution < 1.29 is 14.3 Å². The van der Waals surface area contributed by atoms with Gasteiger partial charge in [0.2, 0.25) is 0 Å². The average Bonchev–Trinajstić information content (AvgIpc) is 2.47. The highest BCUT2D eigenvalue weighted by molar-refractivity contribution is 5.92. The summed E-state index contributed by atoms with van der Waals surface area (Å²) in [6.45, 7) is 6.53. The molecule has 1 fully saturated rings. The molecule has 0 aliphatic carbocycles. The van der Waals surface area contributed by atoms with Crippen LogP contribution in [0.1, 0.15) is 30.6 Å². The van der Waals surface area contributed by atoms with Crippen molar-refractivity contribution in [1.82, 2.24) is 0 Å². The van der Waals surface area contributed by atoms with E-state index in [0.29, 0.717) is 30.5 Å². The first-order valence-corrected chi connectivity index (χ1v) is 7.08. The van der Waals surface area contributed by atoms with Gasteiger partial charge < -0.3 is 20.1 Å². The van der Waals surface area contributed by atoms with Crippen LogP contribution in [0.15, 0.2) is 18.2 Å². The van der Waals surface area contributed by atoms with E-state index in [1.807, 2.05) is 6.07 Å². The molecule has 0 radical (unpaired) electrons. The molecule has 1 atom stereocenters. The van der Waals surface area contributed by atoms with Gasteiger partial charge >= 0.3 is 5.97 Å². The largest absolute Gasteiger partial charge is 0.462 e. The quantitative estimate of drug-likeness (QED) is 0.674. The third-order valence-electron chi connectivity index (χ3n) is 3.55. The molecular formula is C15H22N2O3. The number of nitrogens with two attached hydrogens (primary N) is 1. The molecule has 110 valence electrons. The van der Waals surface area contributed by atoms with Gasteiger partial charge in [-0.3, -0.25) is 0 Å². The fourth-order valence-corrected chi connectivity index (χ4v) is 2.47. The van der Waals surface area contributed by atoms with Crippen LogP contribution in [0.4, 0.5) is 11.4 Å². The predicted octanol–water partition coefficient (Wildman–Crippen LogP) is 2.06. The Balaban J connectivity index is 2.22. The predicted molar refractivity (Wildman–Crippen MR) is 79.1 cm³/mol. The topological polar surface area (TPSA) is 64.8 Å². The van der Waals surface area contributed by atoms with Crippen LogP contribution >= 0.6 is 0 Å². The van der Waals surface area contributed by atoms with Gasteiger partial charge in [-0.1, -0.05) is 6.92 Å². The number of esters is 1. The fourth-order valence-electron chi connectivity index (χ4n) is 2.47. The molecule has 1 aromatic rings. The SMILES string of the molecule is CCOC(=O)c1ccc(N2CCOCC2CC)c(N)c1. The zero-order valence-corrected chi connectivity index (χ0v) is 12.1. The lowest BCUT2D eigenvalue weighted by Gasteiger charge is -2.37. The van der Waals surface area contributed by atoms with E-state index < -0.39 is 0 Å². The summed E-state index contributed by atoms with van der Waals surface area (Å²) >= 11 is 0. The second-order valence-electron chi connectivity index (χ2n) is 4.82. The Morgan fingerprint density at radius 3 is 2.95 bits per heavy atom. The summed E-state index contributed by atoms with van der Waals surface area (Å²) in [4.78, 5) is 14.0. The number of carbonyl (C=O) groups is 1. The summed E-state index contributed by atoms with van der Waals surface area (Å²) in [6, 6.07) is 5.69. The van der Waals surface area contributed by atoms with Gasteiger partial charge in [-0.25, -0.2) is 4.79 Å². The highest BCUT2D eigenvalue weighted by Gasteiger charge is 2.23. The molecule has 5 heteroatoms. The van der Waals surface area contributed by atoms with Gasteiger partial charge in [-0.2, -0.15) is 0 Å². The summed E-state index contributed by atoms with van der Waals surface area (Å²) < 4.78 is 10.5. The Morgan fingerprint density at radius 1 is 1.50 bits per heavy atom. The number of benzene rings is 1. The van der Waals surface area contributed by atoms with E-state index in [1.165, 1.54) is 0 Å². The van der Waals surface area contributed by atoms with Gasteiger partial charge in [0.05, 0.1) is 42.8 Å². The Labute approximate surface area is 119 Å². The van der Waals surface area contributed by atoms with Crippen molar-refractivity contribution in [2.45, 2.75) is 26.3 Å². The van der Waals surface area contributed by atoms with Gasteiger partial charge in [0.15, 0.2) is 0 Å². The molecule has 1 heterocycles. The molecule has 1 unspecified atom stereocenters. The van der Waals surface area contributed by atoms with Crippen LogP contribution in [0.2, 0.25) is 0 Å².